The lowest BCUT2D eigenvalue weighted by Crippen LogP contribution is -2.30. The summed E-state index contributed by atoms with van der Waals surface area (Å²) in [7, 11) is 5.92. The predicted octanol–water partition coefficient (Wildman–Crippen LogP) is 3.20. The van der Waals surface area contributed by atoms with Crippen LogP contribution in [-0.4, -0.2) is 29.6 Å². The van der Waals surface area contributed by atoms with Crippen molar-refractivity contribution in [3.05, 3.63) is 83.9 Å². The number of amides is 1. The maximum Gasteiger partial charge on any atom is 0.251 e. The van der Waals surface area contributed by atoms with Gasteiger partial charge in [0, 0.05) is 51.2 Å². The summed E-state index contributed by atoms with van der Waals surface area (Å²) in [4.78, 5) is 19.2. The zero-order chi connectivity index (χ0) is 18.5. The molecular formula is C21H24N4O. The van der Waals surface area contributed by atoms with Crippen molar-refractivity contribution < 1.29 is 4.79 Å². The van der Waals surface area contributed by atoms with Crippen molar-refractivity contribution in [2.24, 2.45) is 7.05 Å². The van der Waals surface area contributed by atoms with E-state index in [1.165, 1.54) is 0 Å². The summed E-state index contributed by atoms with van der Waals surface area (Å²) in [6.07, 6.45) is 4.33. The van der Waals surface area contributed by atoms with Crippen LogP contribution in [0.1, 0.15) is 27.8 Å². The molecular weight excluding hydrogens is 324 g/mol. The van der Waals surface area contributed by atoms with Gasteiger partial charge in [0.1, 0.15) is 5.82 Å². The number of benzene rings is 2. The molecule has 3 aromatic rings. The van der Waals surface area contributed by atoms with Gasteiger partial charge in [0.2, 0.25) is 0 Å². The van der Waals surface area contributed by atoms with E-state index in [0.29, 0.717) is 12.0 Å². The standard InChI is InChI=1S/C21H24N4O/c1-24(2)18-11-9-17(10-12-18)21(26)23-19(16-7-5-4-6-8-16)15-20-22-13-14-25(20)3/h4-14,19H,15H2,1-3H3,(H,23,26)/t19-/m0/s1. The predicted molar refractivity (Wildman–Crippen MR) is 104 cm³/mol. The molecule has 0 unspecified atom stereocenters. The van der Waals surface area contributed by atoms with Gasteiger partial charge in [-0.05, 0) is 29.8 Å². The Hall–Kier alpha value is -3.08. The van der Waals surface area contributed by atoms with E-state index < -0.39 is 0 Å². The van der Waals surface area contributed by atoms with Crippen molar-refractivity contribution in [2.75, 3.05) is 19.0 Å². The van der Waals surface area contributed by atoms with E-state index in [-0.39, 0.29) is 11.9 Å². The van der Waals surface area contributed by atoms with Crippen molar-refractivity contribution in [3.8, 4) is 0 Å². The lowest BCUT2D eigenvalue weighted by Gasteiger charge is -2.20. The van der Waals surface area contributed by atoms with Crippen LogP contribution in [0.15, 0.2) is 67.0 Å². The van der Waals surface area contributed by atoms with E-state index in [9.17, 15) is 4.79 Å². The van der Waals surface area contributed by atoms with Gasteiger partial charge in [-0.15, -0.1) is 0 Å². The maximum absolute atomic E-state index is 12.8. The van der Waals surface area contributed by atoms with Crippen LogP contribution >= 0.6 is 0 Å². The maximum atomic E-state index is 12.8. The van der Waals surface area contributed by atoms with E-state index >= 15 is 0 Å². The average Bonchev–Trinajstić information content (AvgIpc) is 3.06. The first-order valence-electron chi connectivity index (χ1n) is 8.64. The lowest BCUT2D eigenvalue weighted by molar-refractivity contribution is 0.0936. The molecule has 0 saturated carbocycles. The third-order valence-corrected chi connectivity index (χ3v) is 4.46. The number of nitrogens with zero attached hydrogens (tertiary/aromatic N) is 3. The minimum absolute atomic E-state index is 0.0848. The molecule has 2 aromatic carbocycles. The second-order valence-corrected chi connectivity index (χ2v) is 6.54. The molecule has 0 aliphatic rings. The second kappa shape index (κ2) is 7.87. The highest BCUT2D eigenvalue weighted by molar-refractivity contribution is 5.94. The molecule has 5 nitrogen and oxygen atoms in total. The van der Waals surface area contributed by atoms with Crippen LogP contribution in [0.2, 0.25) is 0 Å². The van der Waals surface area contributed by atoms with Gasteiger partial charge >= 0.3 is 0 Å². The summed E-state index contributed by atoms with van der Waals surface area (Å²) in [5.41, 5.74) is 2.78. The number of hydrogen-bond acceptors (Lipinski definition) is 3. The summed E-state index contributed by atoms with van der Waals surface area (Å²) in [6.45, 7) is 0. The van der Waals surface area contributed by atoms with Crippen LogP contribution in [0.4, 0.5) is 5.69 Å². The van der Waals surface area contributed by atoms with Gasteiger partial charge in [-0.1, -0.05) is 30.3 Å². The number of carbonyl (C=O) groups excluding carboxylic acids is 1. The van der Waals surface area contributed by atoms with Gasteiger partial charge < -0.3 is 14.8 Å². The highest BCUT2D eigenvalue weighted by Gasteiger charge is 2.18. The molecule has 0 aliphatic carbocycles. The summed E-state index contributed by atoms with van der Waals surface area (Å²) in [5, 5.41) is 3.16. The molecule has 0 spiro atoms. The monoisotopic (exact) mass is 348 g/mol. The molecule has 0 saturated heterocycles. The summed E-state index contributed by atoms with van der Waals surface area (Å²) in [6, 6.07) is 17.5. The van der Waals surface area contributed by atoms with Gasteiger partial charge in [-0.25, -0.2) is 4.98 Å². The van der Waals surface area contributed by atoms with E-state index in [1.807, 2.05) is 91.4 Å². The molecule has 0 aliphatic heterocycles. The van der Waals surface area contributed by atoms with E-state index in [1.54, 1.807) is 6.20 Å². The molecule has 26 heavy (non-hydrogen) atoms. The largest absolute Gasteiger partial charge is 0.378 e. The summed E-state index contributed by atoms with van der Waals surface area (Å²) < 4.78 is 1.98. The molecule has 1 aromatic heterocycles. The van der Waals surface area contributed by atoms with Crippen molar-refractivity contribution in [1.82, 2.24) is 14.9 Å². The van der Waals surface area contributed by atoms with Crippen molar-refractivity contribution in [3.63, 3.8) is 0 Å². The smallest absolute Gasteiger partial charge is 0.251 e. The van der Waals surface area contributed by atoms with Crippen LogP contribution < -0.4 is 10.2 Å². The van der Waals surface area contributed by atoms with Crippen LogP contribution in [0.3, 0.4) is 0 Å². The SMILES string of the molecule is CN(C)c1ccc(C(=O)N[C@@H](Cc2nccn2C)c2ccccc2)cc1. The zero-order valence-corrected chi connectivity index (χ0v) is 15.4. The van der Waals surface area contributed by atoms with Gasteiger partial charge in [0.25, 0.3) is 5.91 Å². The number of hydrogen-bond donors (Lipinski definition) is 1. The fourth-order valence-electron chi connectivity index (χ4n) is 2.87. The van der Waals surface area contributed by atoms with Gasteiger partial charge in [-0.2, -0.15) is 0 Å². The topological polar surface area (TPSA) is 50.2 Å². The number of imidazole rings is 1. The average molecular weight is 348 g/mol. The number of rotatable bonds is 6. The van der Waals surface area contributed by atoms with Crippen LogP contribution in [0.5, 0.6) is 0 Å². The van der Waals surface area contributed by atoms with E-state index in [0.717, 1.165) is 17.1 Å². The molecule has 0 radical (unpaired) electrons. The van der Waals surface area contributed by atoms with Crippen LogP contribution in [-0.2, 0) is 13.5 Å². The zero-order valence-electron chi connectivity index (χ0n) is 15.4. The number of carbonyl (C=O) groups is 1. The normalized spacial score (nSPS) is 11.8. The fourth-order valence-corrected chi connectivity index (χ4v) is 2.87. The Morgan fingerprint density at radius 1 is 1.12 bits per heavy atom. The first-order valence-corrected chi connectivity index (χ1v) is 8.64. The van der Waals surface area contributed by atoms with Gasteiger partial charge in [-0.3, -0.25) is 4.79 Å². The summed E-state index contributed by atoms with van der Waals surface area (Å²) >= 11 is 0. The molecule has 1 N–H and O–H groups in total. The Labute approximate surface area is 154 Å². The third kappa shape index (κ3) is 4.11. The Morgan fingerprint density at radius 3 is 2.38 bits per heavy atom. The first kappa shape index (κ1) is 17.7. The molecule has 0 fully saturated rings. The number of anilines is 1. The minimum atomic E-state index is -0.140. The third-order valence-electron chi connectivity index (χ3n) is 4.46. The molecule has 1 atom stereocenters. The highest BCUT2D eigenvalue weighted by Crippen LogP contribution is 2.19. The molecule has 3 rings (SSSR count). The van der Waals surface area contributed by atoms with Crippen LogP contribution in [0.25, 0.3) is 0 Å². The van der Waals surface area contributed by atoms with E-state index in [2.05, 4.69) is 10.3 Å². The minimum Gasteiger partial charge on any atom is -0.378 e. The number of aryl methyl sites for hydroxylation is 1. The van der Waals surface area contributed by atoms with Crippen molar-refractivity contribution >= 4 is 11.6 Å². The Bertz CT molecular complexity index is 853. The Kier molecular flexibility index (Phi) is 5.37. The first-order chi connectivity index (χ1) is 12.5. The fraction of sp³-hybridized carbons (Fsp3) is 0.238. The summed E-state index contributed by atoms with van der Waals surface area (Å²) in [5.74, 6) is 0.848. The highest BCUT2D eigenvalue weighted by atomic mass is 16.1. The second-order valence-electron chi connectivity index (χ2n) is 6.54. The van der Waals surface area contributed by atoms with Crippen LogP contribution in [0, 0.1) is 0 Å². The molecule has 0 bridgehead atoms. The number of aromatic nitrogens is 2. The van der Waals surface area contributed by atoms with E-state index in [4.69, 9.17) is 0 Å². The quantitative estimate of drug-likeness (QED) is 0.744. The molecule has 1 amide bonds. The van der Waals surface area contributed by atoms with Gasteiger partial charge in [0.15, 0.2) is 0 Å². The van der Waals surface area contributed by atoms with Crippen molar-refractivity contribution in [1.29, 1.82) is 0 Å². The lowest BCUT2D eigenvalue weighted by atomic mass is 10.0. The molecule has 5 heteroatoms. The van der Waals surface area contributed by atoms with Crippen molar-refractivity contribution in [2.45, 2.75) is 12.5 Å². The van der Waals surface area contributed by atoms with Gasteiger partial charge in [0.05, 0.1) is 6.04 Å². The Balaban J connectivity index is 1.80. The molecule has 1 heterocycles. The number of nitrogens with one attached hydrogen (secondary N) is 1. The Morgan fingerprint density at radius 2 is 1.81 bits per heavy atom. The molecule has 134 valence electrons.